The summed E-state index contributed by atoms with van der Waals surface area (Å²) in [5, 5.41) is 6.42. The maximum atomic E-state index is 12.4. The predicted molar refractivity (Wildman–Crippen MR) is 90.3 cm³/mol. The second-order valence-corrected chi connectivity index (χ2v) is 6.39. The Morgan fingerprint density at radius 2 is 2.14 bits per heavy atom. The number of carbonyl (C=O) groups excluding carboxylic acids is 1. The average Bonchev–Trinajstić information content (AvgIpc) is 2.49. The summed E-state index contributed by atoms with van der Waals surface area (Å²) in [6, 6.07) is 3.69. The quantitative estimate of drug-likeness (QED) is 0.812. The van der Waals surface area contributed by atoms with Crippen LogP contribution in [0.1, 0.15) is 23.7 Å². The number of carbonyl (C=O) groups is 1. The fraction of sp³-hybridized carbons (Fsp3) is 0.533. The van der Waals surface area contributed by atoms with Crippen LogP contribution in [0.4, 0.5) is 0 Å². The summed E-state index contributed by atoms with van der Waals surface area (Å²) in [4.78, 5) is 12.4. The van der Waals surface area contributed by atoms with E-state index >= 15 is 0 Å². The minimum atomic E-state index is -0.0757. The Morgan fingerprint density at radius 1 is 1.36 bits per heavy atom. The zero-order chi connectivity index (χ0) is 14.8. The van der Waals surface area contributed by atoms with E-state index in [0.717, 1.165) is 24.0 Å². The van der Waals surface area contributed by atoms with Gasteiger partial charge in [-0.1, -0.05) is 6.92 Å². The number of nitrogens with one attached hydrogen (secondary N) is 2. The largest absolute Gasteiger partial charge is 0.486 e. The maximum Gasteiger partial charge on any atom is 0.251 e. The summed E-state index contributed by atoms with van der Waals surface area (Å²) in [6.07, 6.45) is 1.08. The van der Waals surface area contributed by atoms with Crippen molar-refractivity contribution in [2.24, 2.45) is 5.92 Å². The number of halogens is 2. The highest BCUT2D eigenvalue weighted by atomic mass is 79.9. The fourth-order valence-corrected chi connectivity index (χ4v) is 3.23. The van der Waals surface area contributed by atoms with E-state index in [1.165, 1.54) is 0 Å². The molecule has 1 amide bonds. The molecule has 0 saturated carbocycles. The van der Waals surface area contributed by atoms with Gasteiger partial charge in [-0.15, -0.1) is 12.4 Å². The topological polar surface area (TPSA) is 59.6 Å². The molecular weight excluding hydrogens is 372 g/mol. The van der Waals surface area contributed by atoms with E-state index in [0.29, 0.717) is 36.2 Å². The Bertz CT molecular complexity index is 556. The zero-order valence-corrected chi connectivity index (χ0v) is 14.8. The van der Waals surface area contributed by atoms with Gasteiger partial charge in [0.05, 0.1) is 4.47 Å². The molecule has 1 fully saturated rings. The number of hydrogen-bond acceptors (Lipinski definition) is 4. The van der Waals surface area contributed by atoms with Gasteiger partial charge in [-0.05, 0) is 46.9 Å². The lowest BCUT2D eigenvalue weighted by Crippen LogP contribution is -2.50. The molecule has 7 heteroatoms. The van der Waals surface area contributed by atoms with Crippen LogP contribution in [0.15, 0.2) is 16.6 Å². The average molecular weight is 392 g/mol. The van der Waals surface area contributed by atoms with E-state index < -0.39 is 0 Å². The van der Waals surface area contributed by atoms with Crippen molar-refractivity contribution < 1.29 is 14.3 Å². The van der Waals surface area contributed by atoms with Crippen LogP contribution in [0.3, 0.4) is 0 Å². The van der Waals surface area contributed by atoms with Gasteiger partial charge in [0.15, 0.2) is 11.5 Å². The van der Waals surface area contributed by atoms with Crippen molar-refractivity contribution in [3.05, 3.63) is 22.2 Å². The molecule has 0 aromatic heterocycles. The highest BCUT2D eigenvalue weighted by Crippen LogP contribution is 2.38. The van der Waals surface area contributed by atoms with Gasteiger partial charge in [-0.2, -0.15) is 0 Å². The molecule has 2 aliphatic rings. The van der Waals surface area contributed by atoms with Gasteiger partial charge in [-0.25, -0.2) is 0 Å². The summed E-state index contributed by atoms with van der Waals surface area (Å²) >= 11 is 3.44. The number of amides is 1. The van der Waals surface area contributed by atoms with Gasteiger partial charge >= 0.3 is 0 Å². The molecule has 3 rings (SSSR count). The number of piperidine rings is 1. The molecule has 5 nitrogen and oxygen atoms in total. The lowest BCUT2D eigenvalue weighted by molar-refractivity contribution is 0.0914. The molecule has 2 unspecified atom stereocenters. The van der Waals surface area contributed by atoms with Crippen LogP contribution in [-0.4, -0.2) is 38.3 Å². The van der Waals surface area contributed by atoms with Crippen LogP contribution in [-0.2, 0) is 0 Å². The van der Waals surface area contributed by atoms with E-state index in [1.807, 2.05) is 0 Å². The smallest absolute Gasteiger partial charge is 0.251 e. The Kier molecular flexibility index (Phi) is 5.94. The van der Waals surface area contributed by atoms with Crippen LogP contribution >= 0.6 is 28.3 Å². The Labute approximate surface area is 144 Å². The van der Waals surface area contributed by atoms with Crippen molar-refractivity contribution in [3.8, 4) is 11.5 Å². The molecule has 0 radical (unpaired) electrons. The van der Waals surface area contributed by atoms with Crippen LogP contribution in [0.2, 0.25) is 0 Å². The van der Waals surface area contributed by atoms with Gasteiger partial charge < -0.3 is 20.1 Å². The molecule has 1 aromatic rings. The normalized spacial score (nSPS) is 23.4. The highest BCUT2D eigenvalue weighted by Gasteiger charge is 2.24. The zero-order valence-electron chi connectivity index (χ0n) is 12.4. The van der Waals surface area contributed by atoms with Crippen LogP contribution in [0.5, 0.6) is 11.5 Å². The van der Waals surface area contributed by atoms with Crippen molar-refractivity contribution >= 4 is 34.2 Å². The second-order valence-electron chi connectivity index (χ2n) is 5.53. The summed E-state index contributed by atoms with van der Waals surface area (Å²) in [5.41, 5.74) is 0.587. The first-order valence-corrected chi connectivity index (χ1v) is 8.05. The summed E-state index contributed by atoms with van der Waals surface area (Å²) < 4.78 is 11.9. The number of ether oxygens (including phenoxy) is 2. The van der Waals surface area contributed by atoms with E-state index in [9.17, 15) is 4.79 Å². The van der Waals surface area contributed by atoms with Gasteiger partial charge in [0.2, 0.25) is 0 Å². The predicted octanol–water partition coefficient (Wildman–Crippen LogP) is 2.37. The van der Waals surface area contributed by atoms with Gasteiger partial charge in [-0.3, -0.25) is 4.79 Å². The lowest BCUT2D eigenvalue weighted by Gasteiger charge is -2.30. The van der Waals surface area contributed by atoms with Crippen molar-refractivity contribution in [1.29, 1.82) is 0 Å². The standard InChI is InChI=1S/C15H19BrN2O3.ClH/c1-9-2-3-17-8-12(9)18-15(19)10-6-11(16)14-13(7-10)20-4-5-21-14;/h6-7,9,12,17H,2-5,8H2,1H3,(H,18,19);1H. The molecule has 0 bridgehead atoms. The minimum Gasteiger partial charge on any atom is -0.486 e. The lowest BCUT2D eigenvalue weighted by atomic mass is 9.94. The first-order chi connectivity index (χ1) is 10.1. The van der Waals surface area contributed by atoms with Crippen molar-refractivity contribution in [2.75, 3.05) is 26.3 Å². The fourth-order valence-electron chi connectivity index (χ4n) is 2.68. The maximum absolute atomic E-state index is 12.4. The van der Waals surface area contributed by atoms with Crippen molar-refractivity contribution in [1.82, 2.24) is 10.6 Å². The van der Waals surface area contributed by atoms with E-state index in [4.69, 9.17) is 9.47 Å². The van der Waals surface area contributed by atoms with Crippen molar-refractivity contribution in [2.45, 2.75) is 19.4 Å². The highest BCUT2D eigenvalue weighted by molar-refractivity contribution is 9.10. The molecule has 2 atom stereocenters. The Morgan fingerprint density at radius 3 is 2.91 bits per heavy atom. The molecule has 122 valence electrons. The third-order valence-electron chi connectivity index (χ3n) is 4.00. The first kappa shape index (κ1) is 17.4. The molecular formula is C15H20BrClN2O3. The van der Waals surface area contributed by atoms with Gasteiger partial charge in [0.25, 0.3) is 5.91 Å². The van der Waals surface area contributed by atoms with Gasteiger partial charge in [0, 0.05) is 18.2 Å². The third-order valence-corrected chi connectivity index (χ3v) is 4.59. The Balaban J connectivity index is 0.00000176. The van der Waals surface area contributed by atoms with E-state index in [-0.39, 0.29) is 24.4 Å². The van der Waals surface area contributed by atoms with E-state index in [1.54, 1.807) is 12.1 Å². The number of benzene rings is 1. The number of hydrogen-bond donors (Lipinski definition) is 2. The Hall–Kier alpha value is -0.980. The summed E-state index contributed by atoms with van der Waals surface area (Å²) in [7, 11) is 0. The SMILES string of the molecule is CC1CCNCC1NC(=O)c1cc(Br)c2c(c1)OCCO2.Cl. The first-order valence-electron chi connectivity index (χ1n) is 7.26. The van der Waals surface area contributed by atoms with Gasteiger partial charge in [0.1, 0.15) is 13.2 Å². The minimum absolute atomic E-state index is 0. The van der Waals surface area contributed by atoms with Crippen LogP contribution in [0, 0.1) is 5.92 Å². The molecule has 2 aliphatic heterocycles. The number of rotatable bonds is 2. The molecule has 1 aromatic carbocycles. The van der Waals surface area contributed by atoms with Crippen molar-refractivity contribution in [3.63, 3.8) is 0 Å². The van der Waals surface area contributed by atoms with E-state index in [2.05, 4.69) is 33.5 Å². The molecule has 2 heterocycles. The monoisotopic (exact) mass is 390 g/mol. The molecule has 0 spiro atoms. The molecule has 2 N–H and O–H groups in total. The molecule has 22 heavy (non-hydrogen) atoms. The third kappa shape index (κ3) is 3.67. The van der Waals surface area contributed by atoms with Crippen LogP contribution < -0.4 is 20.1 Å². The second kappa shape index (κ2) is 7.53. The summed E-state index contributed by atoms with van der Waals surface area (Å²) in [6.45, 7) is 5.05. The van der Waals surface area contributed by atoms with Crippen LogP contribution in [0.25, 0.3) is 0 Å². The molecule has 1 saturated heterocycles. The number of fused-ring (bicyclic) bond motifs is 1. The summed E-state index contributed by atoms with van der Waals surface area (Å²) in [5.74, 6) is 1.70. The molecule has 0 aliphatic carbocycles.